The number of nitrogens with zero attached hydrogens (tertiary/aromatic N) is 1. The van der Waals surface area contributed by atoms with E-state index in [1.807, 2.05) is 6.07 Å². The molecule has 0 saturated carbocycles. The Morgan fingerprint density at radius 3 is 2.55 bits per heavy atom. The van der Waals surface area contributed by atoms with Crippen LogP contribution < -0.4 is 9.47 Å². The lowest BCUT2D eigenvalue weighted by Gasteiger charge is -2.35. The van der Waals surface area contributed by atoms with Gasteiger partial charge in [-0.1, -0.05) is 6.42 Å². The van der Waals surface area contributed by atoms with Gasteiger partial charge in [-0.05, 0) is 49.6 Å². The van der Waals surface area contributed by atoms with Crippen LogP contribution in [0.4, 0.5) is 0 Å². The fourth-order valence-corrected chi connectivity index (χ4v) is 2.89. The molecule has 1 N–H and O–H groups in total. The molecule has 112 valence electrons. The molecule has 1 aromatic carbocycles. The number of piperidine rings is 1. The molecule has 0 aromatic heterocycles. The second-order valence-electron chi connectivity index (χ2n) is 5.44. The largest absolute Gasteiger partial charge is 0.493 e. The van der Waals surface area contributed by atoms with Gasteiger partial charge in [0.25, 0.3) is 0 Å². The van der Waals surface area contributed by atoms with Crippen LogP contribution in [0, 0.1) is 6.92 Å². The molecule has 20 heavy (non-hydrogen) atoms. The molecular weight excluding hydrogens is 254 g/mol. The van der Waals surface area contributed by atoms with Crippen molar-refractivity contribution in [1.29, 1.82) is 0 Å². The van der Waals surface area contributed by atoms with Gasteiger partial charge in [0.05, 0.1) is 20.8 Å². The maximum atomic E-state index is 9.51. The lowest BCUT2D eigenvalue weighted by atomic mass is 10.00. The molecule has 1 aromatic rings. The van der Waals surface area contributed by atoms with Crippen molar-refractivity contribution >= 4 is 0 Å². The van der Waals surface area contributed by atoms with Crippen LogP contribution in [0.1, 0.15) is 30.4 Å². The van der Waals surface area contributed by atoms with Gasteiger partial charge in [-0.25, -0.2) is 0 Å². The zero-order chi connectivity index (χ0) is 14.5. The number of methoxy groups -OCH3 is 2. The summed E-state index contributed by atoms with van der Waals surface area (Å²) in [5.74, 6) is 1.54. The third-order valence-electron chi connectivity index (χ3n) is 4.18. The second-order valence-corrected chi connectivity index (χ2v) is 5.44. The summed E-state index contributed by atoms with van der Waals surface area (Å²) in [6, 6.07) is 4.36. The summed E-state index contributed by atoms with van der Waals surface area (Å²) in [7, 11) is 3.32. The maximum absolute atomic E-state index is 9.51. The van der Waals surface area contributed by atoms with Gasteiger partial charge < -0.3 is 14.6 Å². The van der Waals surface area contributed by atoms with Crippen molar-refractivity contribution in [3.05, 3.63) is 23.3 Å². The summed E-state index contributed by atoms with van der Waals surface area (Å²) in [6.07, 6.45) is 3.51. The molecule has 0 bridgehead atoms. The monoisotopic (exact) mass is 279 g/mol. The lowest BCUT2D eigenvalue weighted by Crippen LogP contribution is -2.41. The minimum Gasteiger partial charge on any atom is -0.493 e. The van der Waals surface area contributed by atoms with E-state index in [9.17, 15) is 5.11 Å². The summed E-state index contributed by atoms with van der Waals surface area (Å²) in [6.45, 7) is 4.25. The van der Waals surface area contributed by atoms with Gasteiger partial charge in [-0.3, -0.25) is 4.90 Å². The Morgan fingerprint density at radius 2 is 1.90 bits per heavy atom. The van der Waals surface area contributed by atoms with Gasteiger partial charge >= 0.3 is 0 Å². The van der Waals surface area contributed by atoms with Crippen LogP contribution >= 0.6 is 0 Å². The minimum atomic E-state index is 0.242. The highest BCUT2D eigenvalue weighted by molar-refractivity contribution is 5.47. The number of likely N-dealkylation sites (tertiary alicyclic amines) is 1. The van der Waals surface area contributed by atoms with Crippen molar-refractivity contribution in [2.75, 3.05) is 27.4 Å². The quantitative estimate of drug-likeness (QED) is 0.898. The molecule has 1 atom stereocenters. The molecule has 1 fully saturated rings. The van der Waals surface area contributed by atoms with Crippen molar-refractivity contribution in [1.82, 2.24) is 4.90 Å². The molecule has 4 heteroatoms. The number of aryl methyl sites for hydroxylation is 1. The molecule has 1 aliphatic rings. The molecule has 0 amide bonds. The maximum Gasteiger partial charge on any atom is 0.161 e. The van der Waals surface area contributed by atoms with Crippen LogP contribution in [-0.2, 0) is 6.54 Å². The predicted molar refractivity (Wildman–Crippen MR) is 79.4 cm³/mol. The molecule has 1 heterocycles. The highest BCUT2D eigenvalue weighted by Gasteiger charge is 2.22. The number of ether oxygens (including phenoxy) is 2. The van der Waals surface area contributed by atoms with Crippen molar-refractivity contribution in [3.8, 4) is 11.5 Å². The summed E-state index contributed by atoms with van der Waals surface area (Å²) < 4.78 is 10.7. The topological polar surface area (TPSA) is 41.9 Å². The van der Waals surface area contributed by atoms with Crippen LogP contribution in [0.15, 0.2) is 12.1 Å². The number of hydrogen-bond acceptors (Lipinski definition) is 4. The van der Waals surface area contributed by atoms with E-state index in [0.717, 1.165) is 31.0 Å². The molecule has 1 saturated heterocycles. The predicted octanol–water partition coefficient (Wildman–Crippen LogP) is 2.36. The van der Waals surface area contributed by atoms with E-state index in [0.29, 0.717) is 0 Å². The smallest absolute Gasteiger partial charge is 0.161 e. The molecule has 0 radical (unpaired) electrons. The Kier molecular flexibility index (Phi) is 5.26. The molecule has 0 spiro atoms. The van der Waals surface area contributed by atoms with Crippen LogP contribution in [0.5, 0.6) is 11.5 Å². The molecule has 2 rings (SSSR count). The summed E-state index contributed by atoms with van der Waals surface area (Å²) >= 11 is 0. The first kappa shape index (κ1) is 15.1. The first-order valence-corrected chi connectivity index (χ1v) is 7.26. The van der Waals surface area contributed by atoms with E-state index in [-0.39, 0.29) is 12.6 Å². The van der Waals surface area contributed by atoms with Crippen LogP contribution in [0.25, 0.3) is 0 Å². The highest BCUT2D eigenvalue weighted by atomic mass is 16.5. The Hall–Kier alpha value is -1.26. The van der Waals surface area contributed by atoms with E-state index in [1.54, 1.807) is 14.2 Å². The molecule has 1 aliphatic heterocycles. The van der Waals surface area contributed by atoms with Gasteiger partial charge in [0.2, 0.25) is 0 Å². The Balaban J connectivity index is 2.19. The summed E-state index contributed by atoms with van der Waals surface area (Å²) in [4.78, 5) is 2.37. The molecule has 1 unspecified atom stereocenters. The van der Waals surface area contributed by atoms with Gasteiger partial charge in [0.1, 0.15) is 0 Å². The van der Waals surface area contributed by atoms with Crippen LogP contribution in [0.3, 0.4) is 0 Å². The van der Waals surface area contributed by atoms with Gasteiger partial charge in [0.15, 0.2) is 11.5 Å². The number of hydrogen-bond donors (Lipinski definition) is 1. The third-order valence-corrected chi connectivity index (χ3v) is 4.18. The van der Waals surface area contributed by atoms with Crippen LogP contribution in [-0.4, -0.2) is 43.4 Å². The first-order chi connectivity index (χ1) is 9.69. The van der Waals surface area contributed by atoms with Crippen molar-refractivity contribution < 1.29 is 14.6 Å². The van der Waals surface area contributed by atoms with E-state index in [2.05, 4.69) is 17.9 Å². The minimum absolute atomic E-state index is 0.242. The van der Waals surface area contributed by atoms with Gasteiger partial charge in [0, 0.05) is 12.6 Å². The average Bonchev–Trinajstić information content (AvgIpc) is 2.49. The number of benzene rings is 1. The first-order valence-electron chi connectivity index (χ1n) is 7.26. The number of aliphatic hydroxyl groups is 1. The normalized spacial score (nSPS) is 19.9. The summed E-state index contributed by atoms with van der Waals surface area (Å²) in [5, 5.41) is 9.51. The average molecular weight is 279 g/mol. The van der Waals surface area contributed by atoms with Gasteiger partial charge in [-0.2, -0.15) is 0 Å². The fourth-order valence-electron chi connectivity index (χ4n) is 2.89. The SMILES string of the molecule is COc1cc(C)c(CN2CCCCC2CO)cc1OC. The van der Waals surface area contributed by atoms with E-state index >= 15 is 0 Å². The highest BCUT2D eigenvalue weighted by Crippen LogP contribution is 2.31. The molecule has 0 aliphatic carbocycles. The fraction of sp³-hybridized carbons (Fsp3) is 0.625. The van der Waals surface area contributed by atoms with Crippen molar-refractivity contribution in [2.45, 2.75) is 38.8 Å². The molecular formula is C16H25NO3. The Bertz CT molecular complexity index is 448. The van der Waals surface area contributed by atoms with Crippen molar-refractivity contribution in [2.24, 2.45) is 0 Å². The second kappa shape index (κ2) is 6.95. The Labute approximate surface area is 121 Å². The summed E-state index contributed by atoms with van der Waals surface area (Å²) in [5.41, 5.74) is 2.44. The van der Waals surface area contributed by atoms with E-state index in [1.165, 1.54) is 24.0 Å². The zero-order valence-corrected chi connectivity index (χ0v) is 12.7. The number of aliphatic hydroxyl groups excluding tert-OH is 1. The van der Waals surface area contributed by atoms with Crippen LogP contribution in [0.2, 0.25) is 0 Å². The molecule has 4 nitrogen and oxygen atoms in total. The zero-order valence-electron chi connectivity index (χ0n) is 12.7. The van der Waals surface area contributed by atoms with E-state index < -0.39 is 0 Å². The van der Waals surface area contributed by atoms with Crippen molar-refractivity contribution in [3.63, 3.8) is 0 Å². The standard InChI is InChI=1S/C16H25NO3/c1-12-8-15(19-2)16(20-3)9-13(12)10-17-7-5-4-6-14(17)11-18/h8-9,14,18H,4-7,10-11H2,1-3H3. The Morgan fingerprint density at radius 1 is 1.20 bits per heavy atom. The van der Waals surface area contributed by atoms with Gasteiger partial charge in [-0.15, -0.1) is 0 Å². The number of rotatable bonds is 5. The lowest BCUT2D eigenvalue weighted by molar-refractivity contribution is 0.0839. The van der Waals surface area contributed by atoms with E-state index in [4.69, 9.17) is 9.47 Å². The third kappa shape index (κ3) is 3.25.